The van der Waals surface area contributed by atoms with Gasteiger partial charge in [0.05, 0.1) is 12.7 Å². The van der Waals surface area contributed by atoms with Crippen molar-refractivity contribution >= 4 is 33.3 Å². The average molecular weight is 458 g/mol. The van der Waals surface area contributed by atoms with Crippen molar-refractivity contribution in [3.63, 3.8) is 0 Å². The Labute approximate surface area is 183 Å². The zero-order chi connectivity index (χ0) is 22.0. The van der Waals surface area contributed by atoms with Crippen LogP contribution in [0.15, 0.2) is 70.3 Å². The van der Waals surface area contributed by atoms with Gasteiger partial charge >= 0.3 is 11.9 Å². The van der Waals surface area contributed by atoms with E-state index in [4.69, 9.17) is 4.74 Å². The molecule has 1 aromatic heterocycles. The molecule has 160 valence electrons. The van der Waals surface area contributed by atoms with Gasteiger partial charge < -0.3 is 9.47 Å². The van der Waals surface area contributed by atoms with E-state index in [9.17, 15) is 18.0 Å². The van der Waals surface area contributed by atoms with Gasteiger partial charge in [-0.25, -0.2) is 18.0 Å². The van der Waals surface area contributed by atoms with Crippen molar-refractivity contribution in [1.82, 2.24) is 4.31 Å². The first kappa shape index (κ1) is 21.2. The standard InChI is InChI=1S/C22H19NO6S2/c1-28-21(24)15-8-10-18(11-9-15)29-22(25)19-13-16-5-2-3-6-17(16)14-23(19)31(26,27)20-7-4-12-30-20/h2-12,19H,13-14H2,1H3/t19-/m0/s1. The van der Waals surface area contributed by atoms with Crippen LogP contribution in [0.3, 0.4) is 0 Å². The summed E-state index contributed by atoms with van der Waals surface area (Å²) in [5.41, 5.74) is 2.08. The van der Waals surface area contributed by atoms with Crippen molar-refractivity contribution in [2.75, 3.05) is 7.11 Å². The Morgan fingerprint density at radius 1 is 1.00 bits per heavy atom. The van der Waals surface area contributed by atoms with Crippen molar-refractivity contribution < 1.29 is 27.5 Å². The molecule has 0 amide bonds. The Bertz CT molecular complexity index is 1200. The van der Waals surface area contributed by atoms with Gasteiger partial charge in [-0.3, -0.25) is 0 Å². The topological polar surface area (TPSA) is 90.0 Å². The van der Waals surface area contributed by atoms with Gasteiger partial charge in [0.1, 0.15) is 16.0 Å². The molecule has 7 nitrogen and oxygen atoms in total. The molecule has 0 bridgehead atoms. The Kier molecular flexibility index (Phi) is 5.90. The summed E-state index contributed by atoms with van der Waals surface area (Å²) in [4.78, 5) is 24.6. The minimum Gasteiger partial charge on any atom is -0.465 e. The first-order chi connectivity index (χ1) is 14.9. The molecule has 31 heavy (non-hydrogen) atoms. The van der Waals surface area contributed by atoms with E-state index in [1.165, 1.54) is 41.7 Å². The minimum atomic E-state index is -3.88. The zero-order valence-corrected chi connectivity index (χ0v) is 18.2. The van der Waals surface area contributed by atoms with E-state index in [1.54, 1.807) is 11.4 Å². The van der Waals surface area contributed by atoms with E-state index in [1.807, 2.05) is 24.3 Å². The van der Waals surface area contributed by atoms with Gasteiger partial charge in [0, 0.05) is 13.0 Å². The minimum absolute atomic E-state index is 0.0808. The molecule has 3 aromatic rings. The van der Waals surface area contributed by atoms with Crippen molar-refractivity contribution in [3.8, 4) is 5.75 Å². The Balaban J connectivity index is 1.63. The molecule has 0 spiro atoms. The fraction of sp³-hybridized carbons (Fsp3) is 0.182. The number of methoxy groups -OCH3 is 1. The van der Waals surface area contributed by atoms with Gasteiger partial charge in [-0.15, -0.1) is 11.3 Å². The number of sulfonamides is 1. The number of hydrogen-bond acceptors (Lipinski definition) is 7. The van der Waals surface area contributed by atoms with E-state index in [0.29, 0.717) is 5.56 Å². The Morgan fingerprint density at radius 3 is 2.35 bits per heavy atom. The molecule has 1 aliphatic rings. The van der Waals surface area contributed by atoms with E-state index >= 15 is 0 Å². The summed E-state index contributed by atoms with van der Waals surface area (Å²) in [6, 6.07) is 15.5. The van der Waals surface area contributed by atoms with Gasteiger partial charge in [0.25, 0.3) is 10.0 Å². The maximum atomic E-state index is 13.3. The molecule has 0 fully saturated rings. The number of carbonyl (C=O) groups excluding carboxylic acids is 2. The molecule has 0 saturated heterocycles. The van der Waals surface area contributed by atoms with Crippen molar-refractivity contribution in [2.45, 2.75) is 23.2 Å². The fourth-order valence-corrected chi connectivity index (χ4v) is 6.11. The fourth-order valence-electron chi connectivity index (χ4n) is 3.44. The molecule has 1 aliphatic heterocycles. The number of fused-ring (bicyclic) bond motifs is 1. The summed E-state index contributed by atoms with van der Waals surface area (Å²) in [5.74, 6) is -0.972. The van der Waals surface area contributed by atoms with Crippen molar-refractivity contribution in [1.29, 1.82) is 0 Å². The largest absolute Gasteiger partial charge is 0.465 e. The molecule has 9 heteroatoms. The van der Waals surface area contributed by atoms with Crippen LogP contribution in [0.2, 0.25) is 0 Å². The molecule has 0 N–H and O–H groups in total. The summed E-state index contributed by atoms with van der Waals surface area (Å²) in [6.45, 7) is 0.0808. The Morgan fingerprint density at radius 2 is 1.71 bits per heavy atom. The van der Waals surface area contributed by atoms with Gasteiger partial charge in [0.2, 0.25) is 0 Å². The van der Waals surface area contributed by atoms with Crippen molar-refractivity contribution in [2.24, 2.45) is 0 Å². The van der Waals surface area contributed by atoms with E-state index in [0.717, 1.165) is 22.5 Å². The number of esters is 2. The molecule has 2 heterocycles. The predicted octanol–water partition coefficient (Wildman–Crippen LogP) is 3.26. The van der Waals surface area contributed by atoms with Crippen LogP contribution in [0.25, 0.3) is 0 Å². The van der Waals surface area contributed by atoms with E-state index < -0.39 is 28.0 Å². The van der Waals surface area contributed by atoms with Crippen LogP contribution in [0, 0.1) is 0 Å². The zero-order valence-electron chi connectivity index (χ0n) is 16.6. The average Bonchev–Trinajstić information content (AvgIpc) is 3.34. The lowest BCUT2D eigenvalue weighted by Gasteiger charge is -2.34. The number of benzene rings is 2. The number of nitrogens with zero attached hydrogens (tertiary/aromatic N) is 1. The highest BCUT2D eigenvalue weighted by Crippen LogP contribution is 2.31. The maximum Gasteiger partial charge on any atom is 0.337 e. The predicted molar refractivity (Wildman–Crippen MR) is 114 cm³/mol. The Hall–Kier alpha value is -3.01. The number of ether oxygens (including phenoxy) is 2. The second-order valence-corrected chi connectivity index (χ2v) is 9.97. The number of hydrogen-bond donors (Lipinski definition) is 0. The summed E-state index contributed by atoms with van der Waals surface area (Å²) in [7, 11) is -2.60. The lowest BCUT2D eigenvalue weighted by Crippen LogP contribution is -2.49. The van der Waals surface area contributed by atoms with Crippen LogP contribution in [-0.4, -0.2) is 37.8 Å². The highest BCUT2D eigenvalue weighted by molar-refractivity contribution is 7.91. The number of rotatable bonds is 5. The molecule has 0 unspecified atom stereocenters. The summed E-state index contributed by atoms with van der Waals surface area (Å²) in [5, 5.41) is 1.68. The highest BCUT2D eigenvalue weighted by atomic mass is 32.2. The molecule has 2 aromatic carbocycles. The van der Waals surface area contributed by atoms with Crippen LogP contribution >= 0.6 is 11.3 Å². The summed E-state index contributed by atoms with van der Waals surface area (Å²) < 4.78 is 38.0. The second-order valence-electron chi connectivity index (χ2n) is 6.91. The lowest BCUT2D eigenvalue weighted by molar-refractivity contribution is -0.139. The van der Waals surface area contributed by atoms with Crippen LogP contribution < -0.4 is 4.74 Å². The SMILES string of the molecule is COC(=O)c1ccc(OC(=O)[C@@H]2Cc3ccccc3CN2S(=O)(=O)c2cccs2)cc1. The van der Waals surface area contributed by atoms with E-state index in [2.05, 4.69) is 4.74 Å². The molecular weight excluding hydrogens is 438 g/mol. The second kappa shape index (κ2) is 8.62. The number of thiophene rings is 1. The normalized spacial score (nSPS) is 16.4. The molecule has 1 atom stereocenters. The van der Waals surface area contributed by atoms with Crippen LogP contribution in [0.4, 0.5) is 0 Å². The molecule has 0 aliphatic carbocycles. The number of carbonyl (C=O) groups is 2. The molecular formula is C22H19NO6S2. The smallest absolute Gasteiger partial charge is 0.337 e. The van der Waals surface area contributed by atoms with Crippen LogP contribution in [-0.2, 0) is 32.5 Å². The van der Waals surface area contributed by atoms with Gasteiger partial charge in [-0.2, -0.15) is 4.31 Å². The van der Waals surface area contributed by atoms with Crippen LogP contribution in [0.5, 0.6) is 5.75 Å². The van der Waals surface area contributed by atoms with Gasteiger partial charge in [-0.1, -0.05) is 30.3 Å². The lowest BCUT2D eigenvalue weighted by atomic mass is 9.96. The quantitative estimate of drug-likeness (QED) is 0.432. The maximum absolute atomic E-state index is 13.3. The monoisotopic (exact) mass is 457 g/mol. The first-order valence-corrected chi connectivity index (χ1v) is 11.7. The third-order valence-electron chi connectivity index (χ3n) is 5.03. The van der Waals surface area contributed by atoms with Gasteiger partial charge in [-0.05, 0) is 46.8 Å². The third-order valence-corrected chi connectivity index (χ3v) is 8.26. The molecule has 0 radical (unpaired) electrons. The molecule has 0 saturated carbocycles. The highest BCUT2D eigenvalue weighted by Gasteiger charge is 2.41. The van der Waals surface area contributed by atoms with Crippen LogP contribution in [0.1, 0.15) is 21.5 Å². The summed E-state index contributed by atoms with van der Waals surface area (Å²) >= 11 is 1.10. The first-order valence-electron chi connectivity index (χ1n) is 9.42. The third kappa shape index (κ3) is 4.25. The molecule has 4 rings (SSSR count). The van der Waals surface area contributed by atoms with E-state index in [-0.39, 0.29) is 22.9 Å². The van der Waals surface area contributed by atoms with Crippen molar-refractivity contribution in [3.05, 3.63) is 82.7 Å². The van der Waals surface area contributed by atoms with Gasteiger partial charge in [0.15, 0.2) is 0 Å². The summed E-state index contributed by atoms with van der Waals surface area (Å²) in [6.07, 6.45) is 0.208.